The number of ether oxygens (including phenoxy) is 5. The van der Waals surface area contributed by atoms with Crippen molar-refractivity contribution in [3.8, 4) is 11.3 Å². The van der Waals surface area contributed by atoms with E-state index in [0.717, 1.165) is 11.3 Å². The molecule has 2 aromatic rings. The van der Waals surface area contributed by atoms with Gasteiger partial charge >= 0.3 is 12.1 Å². The topological polar surface area (TPSA) is 172 Å². The van der Waals surface area contributed by atoms with Crippen LogP contribution in [0.5, 0.6) is 0 Å². The van der Waals surface area contributed by atoms with E-state index in [9.17, 15) is 24.3 Å². The summed E-state index contributed by atoms with van der Waals surface area (Å²) < 4.78 is 38.5. The number of furan rings is 1. The molecule has 2 aromatic heterocycles. The molecule has 1 N–H and O–H groups in total. The summed E-state index contributed by atoms with van der Waals surface area (Å²) >= 11 is 0. The zero-order chi connectivity index (χ0) is 42.7. The van der Waals surface area contributed by atoms with Gasteiger partial charge in [0.25, 0.3) is 0 Å². The molecule has 0 radical (unpaired) electrons. The third-order valence-electron chi connectivity index (χ3n) is 13.1. The lowest BCUT2D eigenvalue weighted by molar-refractivity contribution is -0.296. The molecule has 0 bridgehead atoms. The lowest BCUT2D eigenvalue weighted by Gasteiger charge is -2.47. The number of hydrogen-bond acceptors (Lipinski definition) is 13. The van der Waals surface area contributed by atoms with Crippen LogP contribution in [0, 0.1) is 23.7 Å². The zero-order valence-corrected chi connectivity index (χ0v) is 36.2. The number of amides is 1. The van der Waals surface area contributed by atoms with Gasteiger partial charge < -0.3 is 47.6 Å². The van der Waals surface area contributed by atoms with Crippen molar-refractivity contribution < 1.29 is 52.4 Å². The number of esters is 1. The lowest BCUT2D eigenvalue weighted by Crippen LogP contribution is -2.60. The van der Waals surface area contributed by atoms with E-state index in [0.29, 0.717) is 38.9 Å². The summed E-state index contributed by atoms with van der Waals surface area (Å²) in [5, 5.41) is 11.6. The molecule has 5 heterocycles. The monoisotopic (exact) mass is 814 g/mol. The van der Waals surface area contributed by atoms with Gasteiger partial charge in [-0.05, 0) is 79.5 Å². The van der Waals surface area contributed by atoms with Gasteiger partial charge in [-0.2, -0.15) is 0 Å². The average Bonchev–Trinajstić information content (AvgIpc) is 3.96. The van der Waals surface area contributed by atoms with Gasteiger partial charge in [-0.3, -0.25) is 14.4 Å². The van der Waals surface area contributed by atoms with Crippen LogP contribution in [0.1, 0.15) is 94.4 Å². The van der Waals surface area contributed by atoms with Crippen LogP contribution in [0.4, 0.5) is 4.79 Å². The van der Waals surface area contributed by atoms with E-state index in [4.69, 9.17) is 28.1 Å². The summed E-state index contributed by atoms with van der Waals surface area (Å²) in [6, 6.07) is 0.791. The Kier molecular flexibility index (Phi) is 14.7. The summed E-state index contributed by atoms with van der Waals surface area (Å²) in [6.07, 6.45) is 4.20. The van der Waals surface area contributed by atoms with Gasteiger partial charge in [0.05, 0.1) is 48.4 Å². The maximum Gasteiger partial charge on any atom is 0.410 e. The van der Waals surface area contributed by atoms with Gasteiger partial charge in [-0.1, -0.05) is 34.6 Å². The number of imidazole rings is 1. The number of aryl methyl sites for hydroxylation is 1. The Hall–Kier alpha value is -3.63. The third kappa shape index (κ3) is 9.23. The van der Waals surface area contributed by atoms with Gasteiger partial charge in [-0.25, -0.2) is 9.78 Å². The molecule has 15 nitrogen and oxygen atoms in total. The Morgan fingerprint density at radius 2 is 1.72 bits per heavy atom. The fourth-order valence-corrected chi connectivity index (χ4v) is 9.49. The van der Waals surface area contributed by atoms with Crippen LogP contribution in [-0.4, -0.2) is 129 Å². The van der Waals surface area contributed by atoms with Crippen molar-refractivity contribution in [1.29, 1.82) is 0 Å². The van der Waals surface area contributed by atoms with E-state index >= 15 is 0 Å². The Bertz CT molecular complexity index is 1720. The number of cyclic esters (lactones) is 1. The number of nitrogens with zero attached hydrogens (tertiary/aromatic N) is 4. The normalized spacial score (nSPS) is 36.8. The number of methoxy groups -OCH3 is 1. The molecule has 0 aliphatic carbocycles. The van der Waals surface area contributed by atoms with Gasteiger partial charge in [-0.15, -0.1) is 0 Å². The molecule has 0 aromatic carbocycles. The second-order valence-electron chi connectivity index (χ2n) is 17.2. The van der Waals surface area contributed by atoms with E-state index in [1.54, 1.807) is 51.4 Å². The lowest BCUT2D eigenvalue weighted by atomic mass is 9.73. The Morgan fingerprint density at radius 3 is 2.36 bits per heavy atom. The van der Waals surface area contributed by atoms with E-state index in [2.05, 4.69) is 4.98 Å². The van der Waals surface area contributed by atoms with Crippen LogP contribution in [0.25, 0.3) is 11.3 Å². The summed E-state index contributed by atoms with van der Waals surface area (Å²) in [6.45, 7) is 17.7. The molecule has 0 spiro atoms. The number of hydrogen-bond donors (Lipinski definition) is 1. The standard InChI is InChI=1S/C43H66N4O11/c1-12-33-43(9)37(47(41(52)58-43)18-15-14-17-46-22-31(44-24-46)30-16-19-54-23-30)27(5)34(48)25(3)21-42(8,53-11)38(28(6)35(49)29(7)39(51)56-33)57-40-36(50)32(45(10)13-2)20-26(4)55-40/h16,19,22-29,32-33,36-38,40,50H,12-15,17-18,20-21H2,1-11H3/t25-,26-,27+,28+,29-,32+,33-,36-,37+,38-,40+,42-,43-/m1/s1. The quantitative estimate of drug-likeness (QED) is 0.162. The minimum absolute atomic E-state index is 0.131. The fourth-order valence-electron chi connectivity index (χ4n) is 9.49. The fraction of sp³-hybridized carbons (Fsp3) is 0.744. The number of rotatable bonds is 12. The first-order chi connectivity index (χ1) is 27.4. The van der Waals surface area contributed by atoms with Gasteiger partial charge in [0.15, 0.2) is 17.7 Å². The molecule has 13 atom stereocenters. The number of Topliss-reactive ketones (excluding diaryl/α,β-unsaturated/α-hetero) is 2. The highest BCUT2D eigenvalue weighted by atomic mass is 16.7. The summed E-state index contributed by atoms with van der Waals surface area (Å²) in [7, 11) is 3.43. The molecule has 324 valence electrons. The first kappa shape index (κ1) is 45.5. The average molecular weight is 815 g/mol. The van der Waals surface area contributed by atoms with E-state index in [1.165, 1.54) is 14.0 Å². The van der Waals surface area contributed by atoms with Gasteiger partial charge in [0.2, 0.25) is 0 Å². The third-order valence-corrected chi connectivity index (χ3v) is 13.1. The van der Waals surface area contributed by atoms with Crippen LogP contribution in [0.2, 0.25) is 0 Å². The highest BCUT2D eigenvalue weighted by Gasteiger charge is 2.60. The predicted octanol–water partition coefficient (Wildman–Crippen LogP) is 5.52. The first-order valence-electron chi connectivity index (χ1n) is 21.0. The van der Waals surface area contributed by atoms with E-state index < -0.39 is 83.4 Å². The highest BCUT2D eigenvalue weighted by molar-refractivity contribution is 6.00. The van der Waals surface area contributed by atoms with Crippen molar-refractivity contribution in [1.82, 2.24) is 19.4 Å². The van der Waals surface area contributed by atoms with Crippen molar-refractivity contribution in [2.45, 2.75) is 155 Å². The predicted molar refractivity (Wildman–Crippen MR) is 213 cm³/mol. The second kappa shape index (κ2) is 18.7. The molecule has 58 heavy (non-hydrogen) atoms. The molecule has 3 saturated heterocycles. The molecule has 3 fully saturated rings. The van der Waals surface area contributed by atoms with E-state index in [-0.39, 0.29) is 30.8 Å². The minimum atomic E-state index is -1.40. The van der Waals surface area contributed by atoms with Crippen molar-refractivity contribution in [3.63, 3.8) is 0 Å². The van der Waals surface area contributed by atoms with Crippen molar-refractivity contribution in [2.24, 2.45) is 23.7 Å². The molecule has 5 rings (SSSR count). The zero-order valence-electron chi connectivity index (χ0n) is 36.2. The molecule has 15 heteroatoms. The molecular formula is C43H66N4O11. The number of likely N-dealkylation sites (N-methyl/N-ethyl adjacent to an activating group) is 1. The number of carbonyl (C=O) groups is 4. The number of unbranched alkanes of at least 4 members (excludes halogenated alkanes) is 1. The Labute approximate surface area is 343 Å². The molecule has 0 unspecified atom stereocenters. The molecule has 1 amide bonds. The molecule has 3 aliphatic rings. The Morgan fingerprint density at radius 1 is 1.02 bits per heavy atom. The minimum Gasteiger partial charge on any atom is -0.472 e. The van der Waals surface area contributed by atoms with Crippen molar-refractivity contribution in [3.05, 3.63) is 31.1 Å². The van der Waals surface area contributed by atoms with E-state index in [1.807, 2.05) is 56.5 Å². The van der Waals surface area contributed by atoms with Crippen LogP contribution in [0.15, 0.2) is 35.5 Å². The number of ketones is 2. The van der Waals surface area contributed by atoms with Crippen LogP contribution in [0.3, 0.4) is 0 Å². The first-order valence-corrected chi connectivity index (χ1v) is 21.0. The van der Waals surface area contributed by atoms with Gasteiger partial charge in [0, 0.05) is 55.8 Å². The number of aromatic nitrogens is 2. The molecular weight excluding hydrogens is 748 g/mol. The maximum absolute atomic E-state index is 14.7. The SMILES string of the molecule is CC[C@H]1OC(=O)[C@H](C)C(=O)[C@H](C)[C@@H](O[C@@H]2O[C@H](C)C[C@H](N(C)CC)[C@H]2O)[C@](C)(OC)C[C@@H](C)C(=O)[C@H](C)[C@@H]2N(CCCCn3cnc(-c4ccoc4)c3)C(=O)O[C@@]21C. The maximum atomic E-state index is 14.7. The van der Waals surface area contributed by atoms with Gasteiger partial charge in [0.1, 0.15) is 23.9 Å². The Balaban J connectivity index is 1.44. The summed E-state index contributed by atoms with van der Waals surface area (Å²) in [5.41, 5.74) is -0.990. The second-order valence-corrected chi connectivity index (χ2v) is 17.2. The van der Waals surface area contributed by atoms with Crippen molar-refractivity contribution >= 4 is 23.6 Å². The molecule has 0 saturated carbocycles. The number of aliphatic hydroxyl groups excluding tert-OH is 1. The summed E-state index contributed by atoms with van der Waals surface area (Å²) in [5.74, 6) is -4.95. The highest BCUT2D eigenvalue weighted by Crippen LogP contribution is 2.43. The summed E-state index contributed by atoms with van der Waals surface area (Å²) in [4.78, 5) is 65.0. The van der Waals surface area contributed by atoms with Crippen molar-refractivity contribution in [2.75, 3.05) is 27.2 Å². The van der Waals surface area contributed by atoms with Crippen LogP contribution in [-0.2, 0) is 44.6 Å². The smallest absolute Gasteiger partial charge is 0.410 e. The van der Waals surface area contributed by atoms with Crippen LogP contribution >= 0.6 is 0 Å². The number of aliphatic hydroxyl groups is 1. The number of carbonyl (C=O) groups excluding carboxylic acids is 4. The number of fused-ring (bicyclic) bond motifs is 1. The van der Waals surface area contributed by atoms with Crippen LogP contribution < -0.4 is 0 Å². The largest absolute Gasteiger partial charge is 0.472 e. The molecule has 3 aliphatic heterocycles.